The lowest BCUT2D eigenvalue weighted by atomic mass is 9.92. The first kappa shape index (κ1) is 23.7. The number of nitro benzene ring substituents is 1. The fourth-order valence-corrected chi connectivity index (χ4v) is 7.10. The topological polar surface area (TPSA) is 101 Å². The quantitative estimate of drug-likeness (QED) is 0.348. The van der Waals surface area contributed by atoms with Crippen molar-refractivity contribution in [3.63, 3.8) is 0 Å². The van der Waals surface area contributed by atoms with Crippen molar-refractivity contribution >= 4 is 33.0 Å². The standard InChI is InChI=1S/C25H25N3O5S2/c1-17-2-4-18(5-3-17)25-22-13-15-34-23(22)12-14-26(25)24(29)16-27(19-6-7-19)35(32,33)21-10-8-20(9-11-21)28(30)31/h2-5,8-11,13,15,19,25H,6-7,12,14,16H2,1H3. The second-order valence-corrected chi connectivity index (χ2v) is 11.9. The van der Waals surface area contributed by atoms with Crippen molar-refractivity contribution in [2.45, 2.75) is 43.2 Å². The maximum absolute atomic E-state index is 13.7. The first-order valence-corrected chi connectivity index (χ1v) is 13.8. The Hall–Kier alpha value is -3.08. The van der Waals surface area contributed by atoms with Crippen LogP contribution in [0.5, 0.6) is 0 Å². The van der Waals surface area contributed by atoms with Crippen molar-refractivity contribution in [3.05, 3.63) is 91.7 Å². The normalized spacial score (nSPS) is 17.9. The number of non-ortho nitro benzene ring substituents is 1. The molecule has 2 heterocycles. The van der Waals surface area contributed by atoms with Crippen molar-refractivity contribution in [1.82, 2.24) is 9.21 Å². The molecule has 1 aliphatic carbocycles. The summed E-state index contributed by atoms with van der Waals surface area (Å²) >= 11 is 1.68. The van der Waals surface area contributed by atoms with Gasteiger partial charge in [-0.05, 0) is 60.9 Å². The van der Waals surface area contributed by atoms with Crippen LogP contribution in [0, 0.1) is 17.0 Å². The summed E-state index contributed by atoms with van der Waals surface area (Å²) in [6, 6.07) is 14.5. The fraction of sp³-hybridized carbons (Fsp3) is 0.320. The van der Waals surface area contributed by atoms with Gasteiger partial charge in [-0.25, -0.2) is 8.42 Å². The number of nitro groups is 1. The van der Waals surface area contributed by atoms with E-state index in [2.05, 4.69) is 6.07 Å². The smallest absolute Gasteiger partial charge is 0.269 e. The molecule has 1 aliphatic heterocycles. The molecule has 5 rings (SSSR count). The minimum Gasteiger partial charge on any atom is -0.330 e. The average Bonchev–Trinajstić information content (AvgIpc) is 3.57. The van der Waals surface area contributed by atoms with Crippen molar-refractivity contribution < 1.29 is 18.1 Å². The molecule has 1 atom stereocenters. The van der Waals surface area contributed by atoms with Gasteiger partial charge in [0.15, 0.2) is 0 Å². The number of nitrogens with zero attached hydrogens (tertiary/aromatic N) is 3. The minimum absolute atomic E-state index is 0.0448. The number of aryl methyl sites for hydroxylation is 1. The van der Waals surface area contributed by atoms with Gasteiger partial charge in [0.05, 0.1) is 22.4 Å². The maximum Gasteiger partial charge on any atom is 0.269 e. The van der Waals surface area contributed by atoms with Crippen molar-refractivity contribution in [2.24, 2.45) is 0 Å². The van der Waals surface area contributed by atoms with Gasteiger partial charge >= 0.3 is 0 Å². The first-order chi connectivity index (χ1) is 16.8. The van der Waals surface area contributed by atoms with Gasteiger partial charge in [0.25, 0.3) is 5.69 Å². The van der Waals surface area contributed by atoms with Crippen LogP contribution in [0.3, 0.4) is 0 Å². The number of sulfonamides is 1. The highest BCUT2D eigenvalue weighted by atomic mass is 32.2. The molecule has 0 radical (unpaired) electrons. The minimum atomic E-state index is -3.99. The summed E-state index contributed by atoms with van der Waals surface area (Å²) in [7, 11) is -3.99. The van der Waals surface area contributed by atoms with Crippen LogP contribution < -0.4 is 0 Å². The third-order valence-corrected chi connectivity index (χ3v) is 9.49. The average molecular weight is 512 g/mol. The molecule has 1 saturated carbocycles. The van der Waals surface area contributed by atoms with Gasteiger partial charge in [-0.3, -0.25) is 14.9 Å². The lowest BCUT2D eigenvalue weighted by Crippen LogP contribution is -2.47. The second kappa shape index (κ2) is 9.18. The molecular weight excluding hydrogens is 486 g/mol. The van der Waals surface area contributed by atoms with Crippen molar-refractivity contribution in [1.29, 1.82) is 0 Å². The predicted octanol–water partition coefficient (Wildman–Crippen LogP) is 4.29. The summed E-state index contributed by atoms with van der Waals surface area (Å²) in [4.78, 5) is 27.1. The number of amides is 1. The molecular formula is C25H25N3O5S2. The fourth-order valence-electron chi connectivity index (χ4n) is 4.57. The molecule has 8 nitrogen and oxygen atoms in total. The van der Waals surface area contributed by atoms with E-state index >= 15 is 0 Å². The largest absolute Gasteiger partial charge is 0.330 e. The molecule has 35 heavy (non-hydrogen) atoms. The first-order valence-electron chi connectivity index (χ1n) is 11.4. The highest BCUT2D eigenvalue weighted by Crippen LogP contribution is 2.39. The zero-order chi connectivity index (χ0) is 24.7. The zero-order valence-electron chi connectivity index (χ0n) is 19.2. The molecule has 2 aliphatic rings. The van der Waals surface area contributed by atoms with E-state index in [1.165, 1.54) is 33.4 Å². The van der Waals surface area contributed by atoms with E-state index in [9.17, 15) is 23.3 Å². The van der Waals surface area contributed by atoms with Crippen LogP contribution in [-0.2, 0) is 21.2 Å². The number of hydrogen-bond acceptors (Lipinski definition) is 6. The van der Waals surface area contributed by atoms with Crippen molar-refractivity contribution in [3.8, 4) is 0 Å². The highest BCUT2D eigenvalue weighted by Gasteiger charge is 2.42. The van der Waals surface area contributed by atoms with Gasteiger partial charge in [0.1, 0.15) is 0 Å². The van der Waals surface area contributed by atoms with E-state index in [0.29, 0.717) is 19.4 Å². The lowest BCUT2D eigenvalue weighted by Gasteiger charge is -2.37. The number of thiophene rings is 1. The third-order valence-electron chi connectivity index (χ3n) is 6.58. The van der Waals surface area contributed by atoms with Crippen LogP contribution in [0.4, 0.5) is 5.69 Å². The summed E-state index contributed by atoms with van der Waals surface area (Å²) < 4.78 is 28.2. The van der Waals surface area contributed by atoms with E-state index in [1.54, 1.807) is 16.2 Å². The van der Waals surface area contributed by atoms with Gasteiger partial charge in [0.2, 0.25) is 15.9 Å². The predicted molar refractivity (Wildman–Crippen MR) is 133 cm³/mol. The Bertz CT molecular complexity index is 1360. The summed E-state index contributed by atoms with van der Waals surface area (Å²) in [5.41, 5.74) is 3.04. The van der Waals surface area contributed by atoms with E-state index in [1.807, 2.05) is 36.6 Å². The van der Waals surface area contributed by atoms with Gasteiger partial charge < -0.3 is 4.90 Å². The van der Waals surface area contributed by atoms with E-state index in [-0.39, 0.29) is 35.1 Å². The van der Waals surface area contributed by atoms with Crippen molar-refractivity contribution in [2.75, 3.05) is 13.1 Å². The SMILES string of the molecule is Cc1ccc(C2c3ccsc3CCN2C(=O)CN(C2CC2)S(=O)(=O)c2ccc([N+](=O)[O-])cc2)cc1. The van der Waals surface area contributed by atoms with Crippen LogP contribution >= 0.6 is 11.3 Å². The molecule has 1 fully saturated rings. The van der Waals surface area contributed by atoms with Crippen LogP contribution in [-0.4, -0.2) is 47.6 Å². The molecule has 0 N–H and O–H groups in total. The van der Waals surface area contributed by atoms with Gasteiger partial charge in [-0.2, -0.15) is 4.31 Å². The van der Waals surface area contributed by atoms with Gasteiger partial charge in [-0.1, -0.05) is 29.8 Å². The maximum atomic E-state index is 13.7. The molecule has 1 unspecified atom stereocenters. The van der Waals surface area contributed by atoms with Gasteiger partial charge in [-0.15, -0.1) is 11.3 Å². The van der Waals surface area contributed by atoms with E-state index in [0.717, 1.165) is 23.1 Å². The number of carbonyl (C=O) groups is 1. The number of carbonyl (C=O) groups excluding carboxylic acids is 1. The molecule has 3 aromatic rings. The number of fused-ring (bicyclic) bond motifs is 1. The summed E-state index contributed by atoms with van der Waals surface area (Å²) in [5, 5.41) is 13.0. The Kier molecular flexibility index (Phi) is 6.20. The molecule has 182 valence electrons. The second-order valence-electron chi connectivity index (χ2n) is 8.98. The molecule has 1 aromatic heterocycles. The molecule has 10 heteroatoms. The summed E-state index contributed by atoms with van der Waals surface area (Å²) in [6.45, 7) is 2.27. The monoisotopic (exact) mass is 511 g/mol. The number of benzene rings is 2. The van der Waals surface area contributed by atoms with Crippen LogP contribution in [0.1, 0.15) is 40.5 Å². The number of hydrogen-bond donors (Lipinski definition) is 0. The van der Waals surface area contributed by atoms with Crippen LogP contribution in [0.15, 0.2) is 64.9 Å². The Balaban J connectivity index is 1.44. The summed E-state index contributed by atoms with van der Waals surface area (Å²) in [6.07, 6.45) is 2.12. The highest BCUT2D eigenvalue weighted by molar-refractivity contribution is 7.89. The molecule has 0 bridgehead atoms. The molecule has 0 spiro atoms. The Morgan fingerprint density at radius 1 is 1.11 bits per heavy atom. The van der Waals surface area contributed by atoms with E-state index in [4.69, 9.17) is 0 Å². The van der Waals surface area contributed by atoms with Crippen LogP contribution in [0.2, 0.25) is 0 Å². The molecule has 2 aromatic carbocycles. The Morgan fingerprint density at radius 3 is 2.43 bits per heavy atom. The lowest BCUT2D eigenvalue weighted by molar-refractivity contribution is -0.384. The van der Waals surface area contributed by atoms with E-state index < -0.39 is 14.9 Å². The Morgan fingerprint density at radius 2 is 1.80 bits per heavy atom. The zero-order valence-corrected chi connectivity index (χ0v) is 20.8. The van der Waals surface area contributed by atoms with Crippen LogP contribution in [0.25, 0.3) is 0 Å². The van der Waals surface area contributed by atoms with Gasteiger partial charge in [0, 0.05) is 29.6 Å². The third kappa shape index (κ3) is 4.61. The molecule has 1 amide bonds. The Labute approximate surface area is 208 Å². The number of rotatable bonds is 7. The molecule has 0 saturated heterocycles. The summed E-state index contributed by atoms with van der Waals surface area (Å²) in [5.74, 6) is -0.246.